The Morgan fingerprint density at radius 2 is 1.61 bits per heavy atom. The second-order valence-corrected chi connectivity index (χ2v) is 5.52. The molecular formula is C15H21F3. The van der Waals surface area contributed by atoms with Crippen molar-refractivity contribution in [3.05, 3.63) is 35.9 Å². The van der Waals surface area contributed by atoms with Crippen molar-refractivity contribution in [1.82, 2.24) is 0 Å². The van der Waals surface area contributed by atoms with Crippen LogP contribution in [0.3, 0.4) is 0 Å². The van der Waals surface area contributed by atoms with Crippen LogP contribution in [-0.2, 0) is 0 Å². The molecule has 102 valence electrons. The molecule has 0 spiro atoms. The van der Waals surface area contributed by atoms with Gasteiger partial charge in [-0.3, -0.25) is 0 Å². The van der Waals surface area contributed by atoms with Gasteiger partial charge in [-0.15, -0.1) is 0 Å². The quantitative estimate of drug-likeness (QED) is 0.649. The molecule has 0 amide bonds. The lowest BCUT2D eigenvalue weighted by molar-refractivity contribution is -0.145. The Labute approximate surface area is 107 Å². The fourth-order valence-corrected chi connectivity index (χ4v) is 2.58. The SMILES string of the molecule is CCCC(C)(C)C(CC(F)(F)F)c1ccccc1. The van der Waals surface area contributed by atoms with Gasteiger partial charge < -0.3 is 0 Å². The second kappa shape index (κ2) is 5.77. The van der Waals surface area contributed by atoms with E-state index in [1.807, 2.05) is 26.8 Å². The molecular weight excluding hydrogens is 237 g/mol. The predicted molar refractivity (Wildman–Crippen MR) is 68.5 cm³/mol. The van der Waals surface area contributed by atoms with Crippen LogP contribution in [0.4, 0.5) is 13.2 Å². The van der Waals surface area contributed by atoms with E-state index >= 15 is 0 Å². The van der Waals surface area contributed by atoms with Gasteiger partial charge in [0.05, 0.1) is 6.42 Å². The van der Waals surface area contributed by atoms with E-state index in [-0.39, 0.29) is 5.41 Å². The number of rotatable bonds is 5. The highest BCUT2D eigenvalue weighted by molar-refractivity contribution is 5.22. The van der Waals surface area contributed by atoms with Gasteiger partial charge >= 0.3 is 6.18 Å². The summed E-state index contributed by atoms with van der Waals surface area (Å²) in [6.07, 6.45) is -3.17. The summed E-state index contributed by atoms with van der Waals surface area (Å²) < 4.78 is 38.3. The Hall–Kier alpha value is -0.990. The number of benzene rings is 1. The molecule has 0 nitrogen and oxygen atoms in total. The lowest BCUT2D eigenvalue weighted by Gasteiger charge is -2.35. The maximum absolute atomic E-state index is 12.8. The summed E-state index contributed by atoms with van der Waals surface area (Å²) in [5.74, 6) is -0.473. The topological polar surface area (TPSA) is 0 Å². The van der Waals surface area contributed by atoms with E-state index in [1.165, 1.54) is 0 Å². The molecule has 3 heteroatoms. The Morgan fingerprint density at radius 1 is 1.06 bits per heavy atom. The van der Waals surface area contributed by atoms with E-state index in [9.17, 15) is 13.2 Å². The molecule has 0 N–H and O–H groups in total. The van der Waals surface area contributed by atoms with Gasteiger partial charge in [0.15, 0.2) is 0 Å². The molecule has 0 heterocycles. The van der Waals surface area contributed by atoms with Crippen LogP contribution < -0.4 is 0 Å². The van der Waals surface area contributed by atoms with E-state index in [0.29, 0.717) is 0 Å². The first-order chi connectivity index (χ1) is 8.26. The highest BCUT2D eigenvalue weighted by atomic mass is 19.4. The van der Waals surface area contributed by atoms with Gasteiger partial charge in [-0.05, 0) is 23.3 Å². The van der Waals surface area contributed by atoms with Crippen molar-refractivity contribution in [3.63, 3.8) is 0 Å². The number of hydrogen-bond donors (Lipinski definition) is 0. The first-order valence-electron chi connectivity index (χ1n) is 6.38. The van der Waals surface area contributed by atoms with Crippen molar-refractivity contribution < 1.29 is 13.2 Å². The van der Waals surface area contributed by atoms with Gasteiger partial charge in [-0.2, -0.15) is 13.2 Å². The van der Waals surface area contributed by atoms with Crippen molar-refractivity contribution in [2.75, 3.05) is 0 Å². The van der Waals surface area contributed by atoms with Crippen LogP contribution in [0.5, 0.6) is 0 Å². The molecule has 0 aliphatic carbocycles. The van der Waals surface area contributed by atoms with Gasteiger partial charge in [0.1, 0.15) is 0 Å². The molecule has 0 saturated carbocycles. The first kappa shape index (κ1) is 15.1. The summed E-state index contributed by atoms with van der Waals surface area (Å²) in [6, 6.07) is 9.05. The van der Waals surface area contributed by atoms with Crippen LogP contribution in [0, 0.1) is 5.41 Å². The third-order valence-corrected chi connectivity index (χ3v) is 3.48. The molecule has 0 radical (unpaired) electrons. The molecule has 0 fully saturated rings. The summed E-state index contributed by atoms with van der Waals surface area (Å²) in [5, 5.41) is 0. The van der Waals surface area contributed by atoms with Gasteiger partial charge in [0.25, 0.3) is 0 Å². The number of alkyl halides is 3. The van der Waals surface area contributed by atoms with Crippen LogP contribution in [0.1, 0.15) is 51.5 Å². The molecule has 0 aliphatic heterocycles. The smallest absolute Gasteiger partial charge is 0.171 e. The number of hydrogen-bond acceptors (Lipinski definition) is 0. The predicted octanol–water partition coefficient (Wildman–Crippen LogP) is 5.55. The molecule has 0 saturated heterocycles. The normalized spacial score (nSPS) is 14.6. The van der Waals surface area contributed by atoms with Crippen LogP contribution in [0.15, 0.2) is 30.3 Å². The lowest BCUT2D eigenvalue weighted by atomic mass is 9.70. The zero-order valence-corrected chi connectivity index (χ0v) is 11.2. The standard InChI is InChI=1S/C15H21F3/c1-4-10-14(2,3)13(11-15(16,17)18)12-8-6-5-7-9-12/h5-9,13H,4,10-11H2,1-3H3. The Balaban J connectivity index is 3.03. The fourth-order valence-electron chi connectivity index (χ4n) is 2.58. The zero-order valence-electron chi connectivity index (χ0n) is 11.2. The van der Waals surface area contributed by atoms with E-state index in [2.05, 4.69) is 0 Å². The van der Waals surface area contributed by atoms with Crippen LogP contribution in [-0.4, -0.2) is 6.18 Å². The average Bonchev–Trinajstić information content (AvgIpc) is 2.26. The Morgan fingerprint density at radius 3 is 2.06 bits per heavy atom. The maximum atomic E-state index is 12.8. The summed E-state index contributed by atoms with van der Waals surface area (Å²) in [6.45, 7) is 5.87. The van der Waals surface area contributed by atoms with Crippen molar-refractivity contribution in [2.24, 2.45) is 5.41 Å². The van der Waals surface area contributed by atoms with Gasteiger partial charge in [-0.1, -0.05) is 57.5 Å². The minimum absolute atomic E-state index is 0.342. The average molecular weight is 258 g/mol. The maximum Gasteiger partial charge on any atom is 0.389 e. The van der Waals surface area contributed by atoms with Gasteiger partial charge in [-0.25, -0.2) is 0 Å². The largest absolute Gasteiger partial charge is 0.389 e. The zero-order chi connectivity index (χ0) is 13.8. The monoisotopic (exact) mass is 258 g/mol. The highest BCUT2D eigenvalue weighted by Gasteiger charge is 2.39. The lowest BCUT2D eigenvalue weighted by Crippen LogP contribution is -2.27. The van der Waals surface area contributed by atoms with Crippen LogP contribution in [0.25, 0.3) is 0 Å². The van der Waals surface area contributed by atoms with Crippen molar-refractivity contribution in [3.8, 4) is 0 Å². The third kappa shape index (κ3) is 4.35. The molecule has 0 bridgehead atoms. The molecule has 0 aliphatic rings. The summed E-state index contributed by atoms with van der Waals surface area (Å²) in [4.78, 5) is 0. The molecule has 0 aromatic heterocycles. The van der Waals surface area contributed by atoms with Crippen LogP contribution in [0.2, 0.25) is 0 Å². The summed E-state index contributed by atoms with van der Waals surface area (Å²) in [7, 11) is 0. The molecule has 1 atom stereocenters. The minimum atomic E-state index is -4.12. The van der Waals surface area contributed by atoms with E-state index in [0.717, 1.165) is 18.4 Å². The van der Waals surface area contributed by atoms with Gasteiger partial charge in [0, 0.05) is 0 Å². The highest BCUT2D eigenvalue weighted by Crippen LogP contribution is 2.45. The van der Waals surface area contributed by atoms with Crippen molar-refractivity contribution in [2.45, 2.75) is 52.1 Å². The fraction of sp³-hybridized carbons (Fsp3) is 0.600. The molecule has 18 heavy (non-hydrogen) atoms. The van der Waals surface area contributed by atoms with E-state index in [4.69, 9.17) is 0 Å². The first-order valence-corrected chi connectivity index (χ1v) is 6.38. The third-order valence-electron chi connectivity index (χ3n) is 3.48. The van der Waals surface area contributed by atoms with Crippen LogP contribution >= 0.6 is 0 Å². The minimum Gasteiger partial charge on any atom is -0.171 e. The summed E-state index contributed by atoms with van der Waals surface area (Å²) in [5.41, 5.74) is 0.444. The molecule has 1 aromatic carbocycles. The van der Waals surface area contributed by atoms with Gasteiger partial charge in [0.2, 0.25) is 0 Å². The summed E-state index contributed by atoms with van der Waals surface area (Å²) >= 11 is 0. The van der Waals surface area contributed by atoms with E-state index < -0.39 is 18.5 Å². The molecule has 1 aromatic rings. The van der Waals surface area contributed by atoms with E-state index in [1.54, 1.807) is 24.3 Å². The van der Waals surface area contributed by atoms with Crippen molar-refractivity contribution >= 4 is 0 Å². The van der Waals surface area contributed by atoms with Crippen molar-refractivity contribution in [1.29, 1.82) is 0 Å². The second-order valence-electron chi connectivity index (χ2n) is 5.52. The molecule has 1 rings (SSSR count). The Kier molecular flexibility index (Phi) is 4.83. The number of halogens is 3. The molecule has 1 unspecified atom stereocenters. The Bertz CT molecular complexity index is 352.